The molecule has 0 saturated carbocycles. The van der Waals surface area contributed by atoms with E-state index in [2.05, 4.69) is 15.5 Å². The van der Waals surface area contributed by atoms with E-state index in [1.165, 1.54) is 4.57 Å². The number of nitrogens with one attached hydrogen (secondary N) is 1. The minimum atomic E-state index is -0.478. The van der Waals surface area contributed by atoms with Crippen molar-refractivity contribution in [1.29, 1.82) is 0 Å². The highest BCUT2D eigenvalue weighted by Gasteiger charge is 2.18. The Kier molecular flexibility index (Phi) is 6.42. The fourth-order valence-corrected chi connectivity index (χ4v) is 3.80. The number of hydrazone groups is 1. The quantitative estimate of drug-likeness (QED) is 0.321. The highest BCUT2D eigenvalue weighted by molar-refractivity contribution is 6.30. The van der Waals surface area contributed by atoms with Gasteiger partial charge in [-0.25, -0.2) is 10.2 Å². The molecular formula is C23H23ClN6O4. The summed E-state index contributed by atoms with van der Waals surface area (Å²) in [7, 11) is 6.38. The molecular weight excluding hydrogens is 460 g/mol. The van der Waals surface area contributed by atoms with Crippen LogP contribution in [0.25, 0.3) is 11.2 Å². The van der Waals surface area contributed by atoms with E-state index in [-0.39, 0.29) is 17.7 Å². The Balaban J connectivity index is 1.70. The first-order valence-corrected chi connectivity index (χ1v) is 10.6. The average Bonchev–Trinajstić information content (AvgIpc) is 3.17. The number of nitrogens with zero attached hydrogens (tertiary/aromatic N) is 5. The molecule has 0 aliphatic heterocycles. The summed E-state index contributed by atoms with van der Waals surface area (Å²) >= 11 is 6.05. The largest absolute Gasteiger partial charge is 0.497 e. The van der Waals surface area contributed by atoms with Gasteiger partial charge in [0.15, 0.2) is 11.2 Å². The van der Waals surface area contributed by atoms with Gasteiger partial charge in [0.25, 0.3) is 5.56 Å². The SMILES string of the molecule is COc1ccc(/C=N\Nc2nc3c(c(=O)n(Cc4cccc(Cl)c4)c(=O)n3C)n2C)c(OC)c1. The molecule has 0 saturated heterocycles. The summed E-state index contributed by atoms with van der Waals surface area (Å²) < 4.78 is 14.6. The van der Waals surface area contributed by atoms with Gasteiger partial charge in [0, 0.05) is 30.7 Å². The molecule has 10 nitrogen and oxygen atoms in total. The summed E-state index contributed by atoms with van der Waals surface area (Å²) in [5.41, 5.74) is 3.87. The molecule has 0 radical (unpaired) electrons. The van der Waals surface area contributed by atoms with Crippen LogP contribution in [0.1, 0.15) is 11.1 Å². The summed E-state index contributed by atoms with van der Waals surface area (Å²) in [6.45, 7) is 0.0887. The molecule has 2 aromatic carbocycles. The Hall–Kier alpha value is -4.05. The average molecular weight is 483 g/mol. The van der Waals surface area contributed by atoms with Gasteiger partial charge in [-0.15, -0.1) is 0 Å². The van der Waals surface area contributed by atoms with Crippen LogP contribution < -0.4 is 26.1 Å². The van der Waals surface area contributed by atoms with Crippen LogP contribution in [0, 0.1) is 0 Å². The number of fused-ring (bicyclic) bond motifs is 1. The van der Waals surface area contributed by atoms with E-state index in [0.29, 0.717) is 28.0 Å². The van der Waals surface area contributed by atoms with Crippen molar-refractivity contribution in [2.45, 2.75) is 6.54 Å². The normalized spacial score (nSPS) is 11.3. The van der Waals surface area contributed by atoms with E-state index in [1.807, 2.05) is 0 Å². The summed E-state index contributed by atoms with van der Waals surface area (Å²) in [6.07, 6.45) is 1.56. The Morgan fingerprint density at radius 3 is 2.59 bits per heavy atom. The van der Waals surface area contributed by atoms with Crippen LogP contribution in [-0.4, -0.2) is 39.1 Å². The van der Waals surface area contributed by atoms with Crippen molar-refractivity contribution in [3.8, 4) is 11.5 Å². The molecule has 0 bridgehead atoms. The van der Waals surface area contributed by atoms with Crippen LogP contribution in [-0.2, 0) is 20.6 Å². The molecule has 4 aromatic rings. The third-order valence-electron chi connectivity index (χ3n) is 5.40. The minimum Gasteiger partial charge on any atom is -0.497 e. The first-order valence-electron chi connectivity index (χ1n) is 10.3. The smallest absolute Gasteiger partial charge is 0.332 e. The molecule has 1 N–H and O–H groups in total. The summed E-state index contributed by atoms with van der Waals surface area (Å²) in [4.78, 5) is 30.5. The Morgan fingerprint density at radius 1 is 1.09 bits per heavy atom. The number of imidazole rings is 1. The maximum Gasteiger partial charge on any atom is 0.332 e. The predicted octanol–water partition coefficient (Wildman–Crippen LogP) is 2.60. The van der Waals surface area contributed by atoms with E-state index in [4.69, 9.17) is 21.1 Å². The van der Waals surface area contributed by atoms with Crippen LogP contribution in [0.4, 0.5) is 5.95 Å². The molecule has 2 heterocycles. The van der Waals surface area contributed by atoms with Crippen molar-refractivity contribution in [2.24, 2.45) is 19.2 Å². The van der Waals surface area contributed by atoms with E-state index in [1.54, 1.807) is 81.6 Å². The van der Waals surface area contributed by atoms with Gasteiger partial charge in [-0.3, -0.25) is 13.9 Å². The Labute approximate surface area is 199 Å². The second-order valence-electron chi connectivity index (χ2n) is 7.51. The first kappa shape index (κ1) is 23.1. The second-order valence-corrected chi connectivity index (χ2v) is 7.94. The van der Waals surface area contributed by atoms with Gasteiger partial charge in [0.05, 0.1) is 27.0 Å². The zero-order chi connectivity index (χ0) is 24.4. The lowest BCUT2D eigenvalue weighted by Gasteiger charge is -2.09. The van der Waals surface area contributed by atoms with E-state index < -0.39 is 11.2 Å². The molecule has 176 valence electrons. The number of aryl methyl sites for hydroxylation is 2. The van der Waals surface area contributed by atoms with Gasteiger partial charge in [0.1, 0.15) is 11.5 Å². The lowest BCUT2D eigenvalue weighted by Crippen LogP contribution is -2.39. The number of methoxy groups -OCH3 is 2. The van der Waals surface area contributed by atoms with Crippen LogP contribution in [0.5, 0.6) is 11.5 Å². The maximum absolute atomic E-state index is 13.2. The van der Waals surface area contributed by atoms with Crippen molar-refractivity contribution in [1.82, 2.24) is 18.7 Å². The molecule has 0 amide bonds. The summed E-state index contributed by atoms with van der Waals surface area (Å²) in [5.74, 6) is 1.54. The van der Waals surface area contributed by atoms with Gasteiger partial charge in [-0.2, -0.15) is 10.1 Å². The number of hydrogen-bond donors (Lipinski definition) is 1. The minimum absolute atomic E-state index is 0.0887. The molecule has 4 rings (SSSR count). The fourth-order valence-electron chi connectivity index (χ4n) is 3.59. The standard InChI is InChI=1S/C23H23ClN6O4/c1-28-19-20(26-22(28)27-25-12-15-8-9-17(33-3)11-18(15)34-4)29(2)23(32)30(21(19)31)13-14-6-5-7-16(24)10-14/h5-12H,13H2,1-4H3,(H,26,27)/b25-12-. The Morgan fingerprint density at radius 2 is 1.88 bits per heavy atom. The van der Waals surface area contributed by atoms with Crippen molar-refractivity contribution in [3.05, 3.63) is 79.5 Å². The van der Waals surface area contributed by atoms with Crippen molar-refractivity contribution in [3.63, 3.8) is 0 Å². The summed E-state index contributed by atoms with van der Waals surface area (Å²) in [6, 6.07) is 12.4. The number of hydrogen-bond acceptors (Lipinski definition) is 7. The first-order chi connectivity index (χ1) is 16.3. The van der Waals surface area contributed by atoms with Crippen LogP contribution in [0.3, 0.4) is 0 Å². The molecule has 0 aliphatic rings. The molecule has 0 spiro atoms. The lowest BCUT2D eigenvalue weighted by molar-refractivity contribution is 0.394. The maximum atomic E-state index is 13.2. The topological polar surface area (TPSA) is 105 Å². The van der Waals surface area contributed by atoms with Gasteiger partial charge in [0.2, 0.25) is 5.95 Å². The van der Waals surface area contributed by atoms with Crippen molar-refractivity contribution < 1.29 is 9.47 Å². The van der Waals surface area contributed by atoms with E-state index in [0.717, 1.165) is 10.1 Å². The lowest BCUT2D eigenvalue weighted by atomic mass is 10.2. The zero-order valence-electron chi connectivity index (χ0n) is 19.1. The second kappa shape index (κ2) is 9.44. The molecule has 2 aromatic heterocycles. The number of ether oxygens (including phenoxy) is 2. The number of anilines is 1. The summed E-state index contributed by atoms with van der Waals surface area (Å²) in [5, 5.41) is 4.75. The number of halogens is 1. The molecule has 0 fully saturated rings. The number of rotatable bonds is 7. The number of benzene rings is 2. The molecule has 0 unspecified atom stereocenters. The third kappa shape index (κ3) is 4.27. The van der Waals surface area contributed by atoms with Crippen LogP contribution >= 0.6 is 11.6 Å². The Bertz CT molecular complexity index is 1520. The molecule has 0 aliphatic carbocycles. The molecule has 11 heteroatoms. The van der Waals surface area contributed by atoms with Crippen LogP contribution in [0.15, 0.2) is 57.2 Å². The highest BCUT2D eigenvalue weighted by Crippen LogP contribution is 2.23. The fraction of sp³-hybridized carbons (Fsp3) is 0.217. The molecule has 0 atom stereocenters. The van der Waals surface area contributed by atoms with E-state index >= 15 is 0 Å². The zero-order valence-corrected chi connectivity index (χ0v) is 19.8. The van der Waals surface area contributed by atoms with Gasteiger partial charge in [-0.1, -0.05) is 23.7 Å². The van der Waals surface area contributed by atoms with E-state index in [9.17, 15) is 9.59 Å². The van der Waals surface area contributed by atoms with Crippen LogP contribution in [0.2, 0.25) is 5.02 Å². The van der Waals surface area contributed by atoms with Gasteiger partial charge in [-0.05, 0) is 29.8 Å². The third-order valence-corrected chi connectivity index (χ3v) is 5.63. The predicted molar refractivity (Wildman–Crippen MR) is 132 cm³/mol. The van der Waals surface area contributed by atoms with Gasteiger partial charge < -0.3 is 14.0 Å². The van der Waals surface area contributed by atoms with Gasteiger partial charge >= 0.3 is 5.69 Å². The van der Waals surface area contributed by atoms with Crippen molar-refractivity contribution >= 4 is 34.9 Å². The molecule has 34 heavy (non-hydrogen) atoms. The number of aromatic nitrogens is 4. The van der Waals surface area contributed by atoms with Crippen molar-refractivity contribution in [2.75, 3.05) is 19.6 Å². The highest BCUT2D eigenvalue weighted by atomic mass is 35.5. The monoisotopic (exact) mass is 482 g/mol.